The van der Waals surface area contributed by atoms with E-state index >= 15 is 0 Å². The van der Waals surface area contributed by atoms with Crippen molar-refractivity contribution in [3.8, 4) is 11.4 Å². The van der Waals surface area contributed by atoms with Gasteiger partial charge in [-0.1, -0.05) is 78.9 Å². The van der Waals surface area contributed by atoms with Crippen LogP contribution < -0.4 is 0 Å². The van der Waals surface area contributed by atoms with Crippen LogP contribution >= 0.6 is 0 Å². The van der Waals surface area contributed by atoms with Crippen LogP contribution in [-0.2, 0) is 0 Å². The van der Waals surface area contributed by atoms with Crippen LogP contribution in [0.5, 0.6) is 0 Å². The first-order chi connectivity index (χ1) is 14.9. The minimum Gasteiger partial charge on any atom is -0.264 e. The summed E-state index contributed by atoms with van der Waals surface area (Å²) >= 11 is 0. The van der Waals surface area contributed by atoms with Crippen LogP contribution in [0.2, 0.25) is 0 Å². The van der Waals surface area contributed by atoms with Gasteiger partial charge in [-0.05, 0) is 24.5 Å². The Morgan fingerprint density at radius 3 is 2.43 bits per heavy atom. The number of aromatic nitrogens is 4. The molecule has 4 nitrogen and oxygen atoms in total. The van der Waals surface area contributed by atoms with Crippen LogP contribution in [0.4, 0.5) is 0 Å². The first-order valence-corrected chi connectivity index (χ1v) is 10.3. The lowest BCUT2D eigenvalue weighted by atomic mass is 9.90. The molecule has 4 heteroatoms. The van der Waals surface area contributed by atoms with Gasteiger partial charge in [0.05, 0.1) is 0 Å². The molecule has 2 unspecified atom stereocenters. The average Bonchev–Trinajstić information content (AvgIpc) is 2.85. The number of pyridine rings is 1. The molecule has 2 aliphatic carbocycles. The Hall–Kier alpha value is -3.66. The molecule has 2 aromatic heterocycles. The van der Waals surface area contributed by atoms with Crippen LogP contribution in [0.15, 0.2) is 97.4 Å². The van der Waals surface area contributed by atoms with E-state index in [0.29, 0.717) is 0 Å². The van der Waals surface area contributed by atoms with E-state index in [-0.39, 0.29) is 11.8 Å². The molecule has 0 bridgehead atoms. The summed E-state index contributed by atoms with van der Waals surface area (Å²) in [5.74, 6) is 2.71. The maximum atomic E-state index is 4.89. The minimum atomic E-state index is 0.168. The fourth-order valence-electron chi connectivity index (χ4n) is 3.83. The maximum Gasteiger partial charge on any atom is 0.163 e. The van der Waals surface area contributed by atoms with Crippen molar-refractivity contribution in [3.63, 3.8) is 0 Å². The topological polar surface area (TPSA) is 51.6 Å². The second kappa shape index (κ2) is 8.37. The molecule has 2 heterocycles. The Balaban J connectivity index is 1.58. The summed E-state index contributed by atoms with van der Waals surface area (Å²) < 4.78 is 0. The molecule has 2 atom stereocenters. The highest BCUT2D eigenvalue weighted by molar-refractivity contribution is 5.73. The minimum absolute atomic E-state index is 0.168. The van der Waals surface area contributed by atoms with E-state index in [1.54, 1.807) is 0 Å². The van der Waals surface area contributed by atoms with Gasteiger partial charge in [-0.2, -0.15) is 0 Å². The third-order valence-electron chi connectivity index (χ3n) is 5.44. The van der Waals surface area contributed by atoms with Crippen LogP contribution in [-0.4, -0.2) is 19.9 Å². The van der Waals surface area contributed by atoms with E-state index in [1.165, 1.54) is 5.56 Å². The predicted octanol–water partition coefficient (Wildman–Crippen LogP) is 5.66. The number of nitrogens with zero attached hydrogens (tertiary/aromatic N) is 4. The van der Waals surface area contributed by atoms with Crippen molar-refractivity contribution < 1.29 is 0 Å². The lowest BCUT2D eigenvalue weighted by Gasteiger charge is -2.18. The number of allylic oxidation sites excluding steroid dienone is 8. The number of rotatable bonds is 4. The van der Waals surface area contributed by atoms with Gasteiger partial charge < -0.3 is 0 Å². The molecule has 2 aliphatic rings. The zero-order chi connectivity index (χ0) is 20.2. The van der Waals surface area contributed by atoms with Gasteiger partial charge in [0.1, 0.15) is 5.82 Å². The van der Waals surface area contributed by atoms with Gasteiger partial charge in [0.2, 0.25) is 0 Å². The van der Waals surface area contributed by atoms with Gasteiger partial charge in [0.15, 0.2) is 11.6 Å². The third kappa shape index (κ3) is 3.90. The lowest BCUT2D eigenvalue weighted by Crippen LogP contribution is -2.10. The normalized spacial score (nSPS) is 20.2. The standard InChI is InChI=1S/C26H22N4/c1-3-9-19(10-4-1)24-28-25(20-11-5-2-6-12-20)30-26(29-24)22-14-7-13-21(17-22)23-15-8-16-27-18-23/h1-11,14-18,20-21H,12-13H2. The second-order valence-corrected chi connectivity index (χ2v) is 7.52. The van der Waals surface area contributed by atoms with Gasteiger partial charge in [-0.25, -0.2) is 15.0 Å². The van der Waals surface area contributed by atoms with E-state index in [0.717, 1.165) is 41.5 Å². The molecule has 0 aliphatic heterocycles. The van der Waals surface area contributed by atoms with Crippen molar-refractivity contribution in [2.24, 2.45) is 0 Å². The first kappa shape index (κ1) is 18.4. The summed E-state index contributed by atoms with van der Waals surface area (Å²) in [6, 6.07) is 14.2. The predicted molar refractivity (Wildman–Crippen MR) is 120 cm³/mol. The zero-order valence-electron chi connectivity index (χ0n) is 16.6. The quantitative estimate of drug-likeness (QED) is 0.577. The molecule has 0 saturated carbocycles. The van der Waals surface area contributed by atoms with Gasteiger partial charge in [-0.3, -0.25) is 4.98 Å². The molecule has 0 fully saturated rings. The number of benzene rings is 1. The van der Waals surface area contributed by atoms with Crippen molar-refractivity contribution in [2.45, 2.75) is 24.7 Å². The van der Waals surface area contributed by atoms with Crippen molar-refractivity contribution in [2.75, 3.05) is 0 Å². The Bertz CT molecular complexity index is 1140. The Labute approximate surface area is 176 Å². The fraction of sp³-hybridized carbons (Fsp3) is 0.154. The van der Waals surface area contributed by atoms with Gasteiger partial charge in [0.25, 0.3) is 0 Å². The van der Waals surface area contributed by atoms with Gasteiger partial charge >= 0.3 is 0 Å². The zero-order valence-corrected chi connectivity index (χ0v) is 16.6. The molecule has 30 heavy (non-hydrogen) atoms. The Morgan fingerprint density at radius 2 is 1.63 bits per heavy atom. The van der Waals surface area contributed by atoms with E-state index in [1.807, 2.05) is 48.8 Å². The van der Waals surface area contributed by atoms with E-state index in [4.69, 9.17) is 15.0 Å². The summed E-state index contributed by atoms with van der Waals surface area (Å²) in [5, 5.41) is 0. The molecule has 146 valence electrons. The largest absolute Gasteiger partial charge is 0.264 e. The first-order valence-electron chi connectivity index (χ1n) is 10.3. The highest BCUT2D eigenvalue weighted by atomic mass is 15.0. The summed E-state index contributed by atoms with van der Waals surface area (Å²) in [7, 11) is 0. The van der Waals surface area contributed by atoms with Crippen LogP contribution in [0.25, 0.3) is 17.0 Å². The molecule has 0 amide bonds. The molecular formula is C26H22N4. The van der Waals surface area contributed by atoms with Gasteiger partial charge in [0, 0.05) is 35.4 Å². The fourth-order valence-corrected chi connectivity index (χ4v) is 3.83. The highest BCUT2D eigenvalue weighted by Gasteiger charge is 2.19. The van der Waals surface area contributed by atoms with Gasteiger partial charge in [-0.15, -0.1) is 0 Å². The second-order valence-electron chi connectivity index (χ2n) is 7.52. The summed E-state index contributed by atoms with van der Waals surface area (Å²) in [6.45, 7) is 0. The maximum absolute atomic E-state index is 4.89. The van der Waals surface area contributed by atoms with E-state index in [9.17, 15) is 0 Å². The van der Waals surface area contributed by atoms with Crippen molar-refractivity contribution >= 4 is 5.57 Å². The molecule has 0 N–H and O–H groups in total. The van der Waals surface area contributed by atoms with Crippen LogP contribution in [0, 0.1) is 0 Å². The highest BCUT2D eigenvalue weighted by Crippen LogP contribution is 2.31. The third-order valence-corrected chi connectivity index (χ3v) is 5.44. The van der Waals surface area contributed by atoms with Crippen LogP contribution in [0.1, 0.15) is 41.9 Å². The molecule has 1 aromatic carbocycles. The summed E-state index contributed by atoms with van der Waals surface area (Å²) in [4.78, 5) is 18.9. The number of hydrogen-bond donors (Lipinski definition) is 0. The van der Waals surface area contributed by atoms with E-state index < -0.39 is 0 Å². The average molecular weight is 390 g/mol. The van der Waals surface area contributed by atoms with Crippen LogP contribution in [0.3, 0.4) is 0 Å². The molecular weight excluding hydrogens is 368 g/mol. The van der Waals surface area contributed by atoms with Crippen molar-refractivity contribution in [1.82, 2.24) is 19.9 Å². The smallest absolute Gasteiger partial charge is 0.163 e. The Morgan fingerprint density at radius 1 is 0.767 bits per heavy atom. The lowest BCUT2D eigenvalue weighted by molar-refractivity contribution is 0.755. The number of hydrogen-bond acceptors (Lipinski definition) is 4. The monoisotopic (exact) mass is 390 g/mol. The molecule has 5 rings (SSSR count). The summed E-state index contributed by atoms with van der Waals surface area (Å²) in [5.41, 5.74) is 3.24. The van der Waals surface area contributed by atoms with Crippen molar-refractivity contribution in [3.05, 3.63) is 115 Å². The molecule has 3 aromatic rings. The summed E-state index contributed by atoms with van der Waals surface area (Å²) in [6.07, 6.45) is 20.6. The molecule has 0 radical (unpaired) electrons. The molecule has 0 spiro atoms. The van der Waals surface area contributed by atoms with E-state index in [2.05, 4.69) is 53.6 Å². The SMILES string of the molecule is C1=CCC(c2nc(C3=CC(c4cccnc4)CC=C3)nc(-c3ccccc3)n2)C=C1. The molecule has 0 saturated heterocycles. The Kier molecular flexibility index (Phi) is 5.13. The van der Waals surface area contributed by atoms with Crippen molar-refractivity contribution in [1.29, 1.82) is 0 Å².